The third-order valence-corrected chi connectivity index (χ3v) is 1.95. The Kier molecular flexibility index (Phi) is 3.57. The quantitative estimate of drug-likeness (QED) is 0.360. The summed E-state index contributed by atoms with van der Waals surface area (Å²) in [4.78, 5) is 0. The molecule has 1 atom stereocenters. The van der Waals surface area contributed by atoms with Crippen molar-refractivity contribution in [2.45, 2.75) is 32.7 Å². The maximum Gasteiger partial charge on any atom is 0.135 e. The van der Waals surface area contributed by atoms with Crippen molar-refractivity contribution in [2.75, 3.05) is 0 Å². The lowest BCUT2D eigenvalue weighted by Crippen LogP contribution is -2.18. The van der Waals surface area contributed by atoms with Gasteiger partial charge in [0.05, 0.1) is 0 Å². The van der Waals surface area contributed by atoms with E-state index in [1.807, 2.05) is 0 Å². The van der Waals surface area contributed by atoms with Crippen molar-refractivity contribution in [2.24, 2.45) is 0 Å². The van der Waals surface area contributed by atoms with E-state index in [2.05, 4.69) is 37.7 Å². The summed E-state index contributed by atoms with van der Waals surface area (Å²) in [6.07, 6.45) is -0.637. The summed E-state index contributed by atoms with van der Waals surface area (Å²) in [6.45, 7) is 11.8. The zero-order valence-electron chi connectivity index (χ0n) is 7.73. The summed E-state index contributed by atoms with van der Waals surface area (Å²) < 4.78 is 0. The van der Waals surface area contributed by atoms with Gasteiger partial charge in [0.2, 0.25) is 0 Å². The molecular formula is C9H16OSi. The minimum Gasteiger partial charge on any atom is -0.376 e. The predicted molar refractivity (Wildman–Crippen MR) is 51.9 cm³/mol. The minimum atomic E-state index is -1.33. The van der Waals surface area contributed by atoms with E-state index in [-0.39, 0.29) is 0 Å². The number of rotatable bonds is 1. The van der Waals surface area contributed by atoms with Crippen molar-refractivity contribution in [3.05, 3.63) is 12.2 Å². The first kappa shape index (κ1) is 10.5. The van der Waals surface area contributed by atoms with Crippen LogP contribution in [0.15, 0.2) is 12.2 Å². The number of aliphatic hydroxyl groups is 1. The monoisotopic (exact) mass is 168 g/mol. The predicted octanol–water partition coefficient (Wildman–Crippen LogP) is 1.80. The summed E-state index contributed by atoms with van der Waals surface area (Å²) in [5, 5.41) is 9.24. The van der Waals surface area contributed by atoms with Crippen LogP contribution in [0, 0.1) is 11.5 Å². The molecule has 1 nitrogen and oxygen atoms in total. The molecular weight excluding hydrogens is 152 g/mol. The van der Waals surface area contributed by atoms with Crippen LogP contribution in [-0.2, 0) is 0 Å². The van der Waals surface area contributed by atoms with E-state index in [1.165, 1.54) is 0 Å². The van der Waals surface area contributed by atoms with Gasteiger partial charge in [0, 0.05) is 0 Å². The molecule has 0 aromatic rings. The second-order valence-corrected chi connectivity index (χ2v) is 8.52. The van der Waals surface area contributed by atoms with Crippen LogP contribution < -0.4 is 0 Å². The molecule has 0 aromatic carbocycles. The average molecular weight is 168 g/mol. The van der Waals surface area contributed by atoms with Crippen LogP contribution in [0.5, 0.6) is 0 Å². The normalized spacial score (nSPS) is 13.2. The second-order valence-electron chi connectivity index (χ2n) is 3.77. The van der Waals surface area contributed by atoms with Gasteiger partial charge in [0.15, 0.2) is 0 Å². The molecule has 0 rings (SSSR count). The van der Waals surface area contributed by atoms with Gasteiger partial charge in [-0.2, -0.15) is 0 Å². The first-order valence-electron chi connectivity index (χ1n) is 3.69. The van der Waals surface area contributed by atoms with Crippen molar-refractivity contribution in [3.63, 3.8) is 0 Å². The Labute approximate surface area is 70.1 Å². The van der Waals surface area contributed by atoms with E-state index in [4.69, 9.17) is 0 Å². The molecule has 1 N–H and O–H groups in total. The molecule has 0 aliphatic carbocycles. The standard InChI is InChI=1S/C9H16OSi/c1-8(2)9(10)6-7-11(3,4)5/h9-10H,1H2,2-5H3/t9-/m0/s1. The van der Waals surface area contributed by atoms with Gasteiger partial charge in [-0.3, -0.25) is 0 Å². The van der Waals surface area contributed by atoms with Crippen LogP contribution in [-0.4, -0.2) is 19.3 Å². The molecule has 0 bridgehead atoms. The number of hydrogen-bond acceptors (Lipinski definition) is 1. The lowest BCUT2D eigenvalue weighted by atomic mass is 10.2. The second kappa shape index (κ2) is 3.75. The summed E-state index contributed by atoms with van der Waals surface area (Å²) in [5.41, 5.74) is 3.80. The highest BCUT2D eigenvalue weighted by molar-refractivity contribution is 6.83. The molecule has 0 unspecified atom stereocenters. The Bertz CT molecular complexity index is 202. The van der Waals surface area contributed by atoms with Crippen LogP contribution in [0.1, 0.15) is 6.92 Å². The highest BCUT2D eigenvalue weighted by Crippen LogP contribution is 1.99. The van der Waals surface area contributed by atoms with Crippen molar-refractivity contribution in [1.82, 2.24) is 0 Å². The van der Waals surface area contributed by atoms with Gasteiger partial charge in [-0.05, 0) is 12.5 Å². The van der Waals surface area contributed by atoms with E-state index < -0.39 is 14.2 Å². The lowest BCUT2D eigenvalue weighted by molar-refractivity contribution is 0.269. The summed E-state index contributed by atoms with van der Waals surface area (Å²) in [7, 11) is -1.33. The molecule has 2 heteroatoms. The van der Waals surface area contributed by atoms with Crippen molar-refractivity contribution >= 4 is 8.07 Å². The van der Waals surface area contributed by atoms with Crippen molar-refractivity contribution < 1.29 is 5.11 Å². The van der Waals surface area contributed by atoms with Gasteiger partial charge in [-0.15, -0.1) is 5.54 Å². The third-order valence-electron chi connectivity index (χ3n) is 1.05. The van der Waals surface area contributed by atoms with Crippen molar-refractivity contribution in [3.8, 4) is 11.5 Å². The van der Waals surface area contributed by atoms with Crippen LogP contribution in [0.3, 0.4) is 0 Å². The van der Waals surface area contributed by atoms with Crippen LogP contribution in [0.2, 0.25) is 19.6 Å². The average Bonchev–Trinajstić information content (AvgIpc) is 1.80. The van der Waals surface area contributed by atoms with Gasteiger partial charge in [0.25, 0.3) is 0 Å². The zero-order chi connectivity index (χ0) is 9.07. The molecule has 0 heterocycles. The third kappa shape index (κ3) is 5.90. The Hall–Kier alpha value is -0.523. The topological polar surface area (TPSA) is 20.2 Å². The first-order valence-corrected chi connectivity index (χ1v) is 7.19. The highest BCUT2D eigenvalue weighted by Gasteiger charge is 2.08. The van der Waals surface area contributed by atoms with Crippen molar-refractivity contribution in [1.29, 1.82) is 0 Å². The molecule has 0 aliphatic heterocycles. The van der Waals surface area contributed by atoms with Crippen LogP contribution in [0.4, 0.5) is 0 Å². The SMILES string of the molecule is C=C(C)[C@@H](O)C#C[Si](C)(C)C. The summed E-state index contributed by atoms with van der Waals surface area (Å²) in [6, 6.07) is 0. The first-order chi connectivity index (χ1) is 4.83. The van der Waals surface area contributed by atoms with Gasteiger partial charge < -0.3 is 5.11 Å². The molecule has 0 saturated carbocycles. The highest BCUT2D eigenvalue weighted by atomic mass is 28.3. The van der Waals surface area contributed by atoms with Gasteiger partial charge in [-0.25, -0.2) is 0 Å². The molecule has 0 saturated heterocycles. The fourth-order valence-corrected chi connectivity index (χ4v) is 0.978. The fraction of sp³-hybridized carbons (Fsp3) is 0.556. The molecule has 0 radical (unpaired) electrons. The Morgan fingerprint density at radius 2 is 1.91 bits per heavy atom. The number of aliphatic hydroxyl groups excluding tert-OH is 1. The van der Waals surface area contributed by atoms with E-state index in [1.54, 1.807) is 6.92 Å². The minimum absolute atomic E-state index is 0.637. The molecule has 0 aliphatic rings. The molecule has 11 heavy (non-hydrogen) atoms. The smallest absolute Gasteiger partial charge is 0.135 e. The van der Waals surface area contributed by atoms with E-state index >= 15 is 0 Å². The Morgan fingerprint density at radius 3 is 2.18 bits per heavy atom. The molecule has 0 amide bonds. The van der Waals surface area contributed by atoms with Gasteiger partial charge in [-0.1, -0.05) is 32.1 Å². The van der Waals surface area contributed by atoms with E-state index in [0.29, 0.717) is 0 Å². The fourth-order valence-electron chi connectivity index (χ4n) is 0.408. The molecule has 0 fully saturated rings. The maximum absolute atomic E-state index is 9.24. The molecule has 62 valence electrons. The number of hydrogen-bond donors (Lipinski definition) is 1. The summed E-state index contributed by atoms with van der Waals surface area (Å²) >= 11 is 0. The van der Waals surface area contributed by atoms with E-state index in [9.17, 15) is 5.11 Å². The van der Waals surface area contributed by atoms with Gasteiger partial charge >= 0.3 is 0 Å². The zero-order valence-corrected chi connectivity index (χ0v) is 8.73. The molecule has 0 aromatic heterocycles. The Morgan fingerprint density at radius 1 is 1.45 bits per heavy atom. The molecule has 0 spiro atoms. The van der Waals surface area contributed by atoms with Crippen LogP contribution >= 0.6 is 0 Å². The van der Waals surface area contributed by atoms with E-state index in [0.717, 1.165) is 5.57 Å². The maximum atomic E-state index is 9.24. The summed E-state index contributed by atoms with van der Waals surface area (Å²) in [5.74, 6) is 2.79. The Balaban J connectivity index is 4.19. The van der Waals surface area contributed by atoms with Gasteiger partial charge in [0.1, 0.15) is 14.2 Å². The largest absolute Gasteiger partial charge is 0.376 e. The lowest BCUT2D eigenvalue weighted by Gasteiger charge is -2.05. The van der Waals surface area contributed by atoms with Crippen LogP contribution in [0.25, 0.3) is 0 Å².